The highest BCUT2D eigenvalue weighted by molar-refractivity contribution is 7.90. The van der Waals surface area contributed by atoms with Crippen LogP contribution in [0.5, 0.6) is 0 Å². The van der Waals surface area contributed by atoms with Gasteiger partial charge in [0.15, 0.2) is 5.82 Å². The molecule has 3 aromatic rings. The molecule has 0 fully saturated rings. The van der Waals surface area contributed by atoms with Crippen LogP contribution in [0.2, 0.25) is 10.0 Å². The van der Waals surface area contributed by atoms with Crippen LogP contribution in [0.3, 0.4) is 0 Å². The molecular formula is C16H11Cl2FN4O3S. The molecule has 2 aromatic carbocycles. The van der Waals surface area contributed by atoms with Crippen LogP contribution < -0.4 is 5.32 Å². The van der Waals surface area contributed by atoms with Gasteiger partial charge < -0.3 is 5.32 Å². The van der Waals surface area contributed by atoms with E-state index in [0.717, 1.165) is 6.26 Å². The van der Waals surface area contributed by atoms with Crippen LogP contribution in [0.15, 0.2) is 41.6 Å². The minimum Gasteiger partial charge on any atom is -0.322 e. The van der Waals surface area contributed by atoms with Crippen molar-refractivity contribution in [3.05, 3.63) is 57.8 Å². The van der Waals surface area contributed by atoms with Gasteiger partial charge in [0.05, 0.1) is 11.1 Å². The number of hydrogen-bond donors (Lipinski definition) is 2. The Morgan fingerprint density at radius 1 is 1.19 bits per heavy atom. The van der Waals surface area contributed by atoms with E-state index in [1.807, 2.05) is 0 Å². The van der Waals surface area contributed by atoms with Crippen molar-refractivity contribution in [1.29, 1.82) is 0 Å². The van der Waals surface area contributed by atoms with Gasteiger partial charge in [0.1, 0.15) is 5.82 Å². The number of carbonyl (C=O) groups excluding carboxylic acids is 1. The number of amides is 1. The summed E-state index contributed by atoms with van der Waals surface area (Å²) in [7, 11) is -3.63. The number of hydrogen-bond acceptors (Lipinski definition) is 5. The van der Waals surface area contributed by atoms with Crippen LogP contribution in [0.1, 0.15) is 10.4 Å². The lowest BCUT2D eigenvalue weighted by Gasteiger charge is -2.08. The molecular weight excluding hydrogens is 418 g/mol. The Bertz CT molecular complexity index is 1130. The van der Waals surface area contributed by atoms with E-state index in [1.165, 1.54) is 36.4 Å². The van der Waals surface area contributed by atoms with Gasteiger partial charge in [-0.2, -0.15) is 10.1 Å². The number of nitrogens with zero attached hydrogens (tertiary/aromatic N) is 2. The van der Waals surface area contributed by atoms with Gasteiger partial charge in [-0.1, -0.05) is 29.3 Å². The second-order valence-corrected chi connectivity index (χ2v) is 8.32. The Morgan fingerprint density at radius 2 is 1.85 bits per heavy atom. The quantitative estimate of drug-likeness (QED) is 0.660. The third-order valence-electron chi connectivity index (χ3n) is 3.42. The van der Waals surface area contributed by atoms with E-state index < -0.39 is 26.7 Å². The summed E-state index contributed by atoms with van der Waals surface area (Å²) < 4.78 is 37.8. The number of carbonyl (C=O) groups is 1. The summed E-state index contributed by atoms with van der Waals surface area (Å²) >= 11 is 11.8. The van der Waals surface area contributed by atoms with Crippen LogP contribution in [0.25, 0.3) is 11.4 Å². The van der Waals surface area contributed by atoms with Crippen molar-refractivity contribution in [1.82, 2.24) is 15.2 Å². The molecule has 0 unspecified atom stereocenters. The van der Waals surface area contributed by atoms with E-state index in [4.69, 9.17) is 23.2 Å². The van der Waals surface area contributed by atoms with Gasteiger partial charge in [-0.05, 0) is 30.3 Å². The Labute approximate surface area is 163 Å². The summed E-state index contributed by atoms with van der Waals surface area (Å²) in [5.41, 5.74) is -0.119. The number of rotatable bonds is 4. The second kappa shape index (κ2) is 7.26. The van der Waals surface area contributed by atoms with Gasteiger partial charge in [0.2, 0.25) is 15.0 Å². The van der Waals surface area contributed by atoms with Crippen molar-refractivity contribution in [3.8, 4) is 11.4 Å². The third kappa shape index (κ3) is 4.26. The van der Waals surface area contributed by atoms with E-state index in [9.17, 15) is 17.6 Å². The van der Waals surface area contributed by atoms with Gasteiger partial charge in [-0.15, -0.1) is 0 Å². The molecule has 0 atom stereocenters. The lowest BCUT2D eigenvalue weighted by atomic mass is 10.1. The maximum atomic E-state index is 14.8. The predicted octanol–water partition coefficient (Wildman–Crippen LogP) is 3.57. The third-order valence-corrected chi connectivity index (χ3v) is 4.74. The number of anilines is 1. The van der Waals surface area contributed by atoms with E-state index in [1.54, 1.807) is 0 Å². The maximum Gasteiger partial charge on any atom is 0.258 e. The predicted molar refractivity (Wildman–Crippen MR) is 99.3 cm³/mol. The average molecular weight is 429 g/mol. The zero-order chi connectivity index (χ0) is 19.8. The van der Waals surface area contributed by atoms with Crippen molar-refractivity contribution in [3.63, 3.8) is 0 Å². The first-order chi connectivity index (χ1) is 12.6. The van der Waals surface area contributed by atoms with Crippen molar-refractivity contribution in [2.45, 2.75) is 5.16 Å². The Morgan fingerprint density at radius 3 is 2.44 bits per heavy atom. The largest absolute Gasteiger partial charge is 0.322 e. The van der Waals surface area contributed by atoms with E-state index in [2.05, 4.69) is 20.5 Å². The van der Waals surface area contributed by atoms with Crippen LogP contribution in [0, 0.1) is 5.82 Å². The zero-order valence-corrected chi connectivity index (χ0v) is 16.0. The summed E-state index contributed by atoms with van der Waals surface area (Å²) in [6, 6.07) is 8.43. The van der Waals surface area contributed by atoms with Crippen molar-refractivity contribution in [2.75, 3.05) is 11.6 Å². The van der Waals surface area contributed by atoms with Gasteiger partial charge in [0, 0.05) is 22.0 Å². The maximum absolute atomic E-state index is 14.8. The van der Waals surface area contributed by atoms with Crippen molar-refractivity contribution >= 4 is 44.6 Å². The van der Waals surface area contributed by atoms with E-state index in [-0.39, 0.29) is 17.0 Å². The fourth-order valence-electron chi connectivity index (χ4n) is 2.24. The summed E-state index contributed by atoms with van der Waals surface area (Å²) in [5.74, 6) is -1.83. The molecule has 0 spiro atoms. The zero-order valence-electron chi connectivity index (χ0n) is 13.6. The number of sulfone groups is 1. The molecule has 1 amide bonds. The number of benzene rings is 2. The summed E-state index contributed by atoms with van der Waals surface area (Å²) in [6.45, 7) is 0. The molecule has 11 heteroatoms. The first-order valence-electron chi connectivity index (χ1n) is 7.34. The molecule has 2 N–H and O–H groups in total. The molecule has 0 bridgehead atoms. The molecule has 27 heavy (non-hydrogen) atoms. The Kier molecular flexibility index (Phi) is 5.18. The van der Waals surface area contributed by atoms with Gasteiger partial charge in [0.25, 0.3) is 5.91 Å². The van der Waals surface area contributed by atoms with Gasteiger partial charge >= 0.3 is 0 Å². The number of halogens is 3. The molecule has 3 rings (SSSR count). The lowest BCUT2D eigenvalue weighted by molar-refractivity contribution is 0.102. The average Bonchev–Trinajstić information content (AvgIpc) is 3.04. The molecule has 0 aliphatic heterocycles. The standard InChI is InChI=1S/C16H11Cl2FN4O3S/c1-27(25,26)16-21-14(22-23-16)11-3-2-4-12(13(11)19)15(24)20-10-6-8(17)5-9(18)7-10/h2-7H,1H3,(H,20,24)(H,21,22,23). The second-order valence-electron chi connectivity index (χ2n) is 5.52. The molecule has 1 heterocycles. The molecule has 0 aliphatic carbocycles. The molecule has 0 aliphatic rings. The summed E-state index contributed by atoms with van der Waals surface area (Å²) in [4.78, 5) is 16.2. The number of H-pyrrole nitrogens is 1. The van der Waals surface area contributed by atoms with E-state index in [0.29, 0.717) is 15.7 Å². The fourth-order valence-corrected chi connectivity index (χ4v) is 3.23. The lowest BCUT2D eigenvalue weighted by Crippen LogP contribution is -2.14. The highest BCUT2D eigenvalue weighted by atomic mass is 35.5. The normalized spacial score (nSPS) is 11.4. The minimum absolute atomic E-state index is 0.127. The number of nitrogens with one attached hydrogen (secondary N) is 2. The van der Waals surface area contributed by atoms with Gasteiger partial charge in [-0.25, -0.2) is 17.9 Å². The molecule has 1 aromatic heterocycles. The fraction of sp³-hybridized carbons (Fsp3) is 0.0625. The van der Waals surface area contributed by atoms with Crippen LogP contribution >= 0.6 is 23.2 Å². The van der Waals surface area contributed by atoms with Gasteiger partial charge in [-0.3, -0.25) is 4.79 Å². The highest BCUT2D eigenvalue weighted by Crippen LogP contribution is 2.25. The molecule has 0 saturated carbocycles. The summed E-state index contributed by atoms with van der Waals surface area (Å²) in [5, 5.41) is 8.63. The monoisotopic (exact) mass is 428 g/mol. The Hall–Kier alpha value is -2.49. The van der Waals surface area contributed by atoms with E-state index >= 15 is 0 Å². The molecule has 0 radical (unpaired) electrons. The van der Waals surface area contributed by atoms with Crippen molar-refractivity contribution in [2.24, 2.45) is 0 Å². The summed E-state index contributed by atoms with van der Waals surface area (Å²) in [6.07, 6.45) is 0.938. The van der Waals surface area contributed by atoms with Crippen LogP contribution in [-0.4, -0.2) is 35.8 Å². The first kappa shape index (κ1) is 19.3. The van der Waals surface area contributed by atoms with Crippen LogP contribution in [0.4, 0.5) is 10.1 Å². The molecule has 7 nitrogen and oxygen atoms in total. The highest BCUT2D eigenvalue weighted by Gasteiger charge is 2.21. The smallest absolute Gasteiger partial charge is 0.258 e. The number of aromatic nitrogens is 3. The Balaban J connectivity index is 1.95. The first-order valence-corrected chi connectivity index (χ1v) is 9.98. The SMILES string of the molecule is CS(=O)(=O)c1nc(-c2cccc(C(=O)Nc3cc(Cl)cc(Cl)c3)c2F)n[nH]1. The van der Waals surface area contributed by atoms with Crippen molar-refractivity contribution < 1.29 is 17.6 Å². The topological polar surface area (TPSA) is 105 Å². The number of aromatic amines is 1. The molecule has 140 valence electrons. The molecule has 0 saturated heterocycles. The minimum atomic E-state index is -3.63. The van der Waals surface area contributed by atoms with Crippen LogP contribution in [-0.2, 0) is 9.84 Å².